The van der Waals surface area contributed by atoms with Crippen LogP contribution in [0.25, 0.3) is 10.6 Å². The molecule has 2 aromatic carbocycles. The molecule has 1 aromatic heterocycles. The number of ketones is 1. The number of hydrogen-bond donors (Lipinski definition) is 1. The molecule has 1 aliphatic heterocycles. The van der Waals surface area contributed by atoms with Gasteiger partial charge in [0.2, 0.25) is 5.78 Å². The van der Waals surface area contributed by atoms with Crippen LogP contribution in [-0.2, 0) is 14.0 Å². The minimum absolute atomic E-state index is 0.152. The van der Waals surface area contributed by atoms with E-state index in [0.29, 0.717) is 16.9 Å². The molecular formula is C27H31BN2O5S. The molecule has 4 rings (SSSR count). The Bertz CT molecular complexity index is 1240. The van der Waals surface area contributed by atoms with E-state index < -0.39 is 30.0 Å². The Hall–Kier alpha value is -3.01. The average Bonchev–Trinajstić information content (AvgIpc) is 3.35. The molecule has 1 N–H and O–H groups in total. The third-order valence-electron chi connectivity index (χ3n) is 6.21. The van der Waals surface area contributed by atoms with Crippen LogP contribution in [0.5, 0.6) is 0 Å². The van der Waals surface area contributed by atoms with E-state index in [1.165, 1.54) is 11.3 Å². The summed E-state index contributed by atoms with van der Waals surface area (Å²) in [7, 11) is -0.474. The molecule has 1 aliphatic rings. The van der Waals surface area contributed by atoms with Crippen LogP contribution in [0.4, 0.5) is 10.5 Å². The number of amides is 1. The van der Waals surface area contributed by atoms with Crippen molar-refractivity contribution in [2.45, 2.75) is 65.3 Å². The number of anilines is 1. The van der Waals surface area contributed by atoms with Crippen molar-refractivity contribution in [3.63, 3.8) is 0 Å². The highest BCUT2D eigenvalue weighted by Gasteiger charge is 2.51. The molecule has 0 unspecified atom stereocenters. The molecule has 0 aliphatic carbocycles. The number of nitrogens with zero attached hydrogens (tertiary/aromatic N) is 1. The molecule has 0 saturated carbocycles. The summed E-state index contributed by atoms with van der Waals surface area (Å²) >= 11 is 1.39. The number of ether oxygens (including phenoxy) is 1. The van der Waals surface area contributed by atoms with Gasteiger partial charge in [0.05, 0.1) is 11.2 Å². The van der Waals surface area contributed by atoms with Crippen molar-refractivity contribution in [3.05, 3.63) is 65.2 Å². The number of nitrogens with one attached hydrogen (secondary N) is 1. The second kappa shape index (κ2) is 9.46. The van der Waals surface area contributed by atoms with Gasteiger partial charge in [0.15, 0.2) is 0 Å². The van der Waals surface area contributed by atoms with E-state index in [1.807, 2.05) is 72.7 Å². The average molecular weight is 506 g/mol. The predicted molar refractivity (Wildman–Crippen MR) is 143 cm³/mol. The molecule has 2 heterocycles. The molecule has 1 amide bonds. The Balaban J connectivity index is 1.42. The smallest absolute Gasteiger partial charge is 0.444 e. The maximum atomic E-state index is 13.0. The number of carbonyl (C=O) groups excluding carboxylic acids is 2. The molecule has 188 valence electrons. The van der Waals surface area contributed by atoms with Gasteiger partial charge >= 0.3 is 13.2 Å². The van der Waals surface area contributed by atoms with Crippen molar-refractivity contribution < 1.29 is 23.6 Å². The van der Waals surface area contributed by atoms with Crippen molar-refractivity contribution in [1.82, 2.24) is 4.98 Å². The Labute approximate surface area is 216 Å². The van der Waals surface area contributed by atoms with E-state index in [0.717, 1.165) is 16.0 Å². The molecule has 9 heteroatoms. The van der Waals surface area contributed by atoms with Crippen LogP contribution < -0.4 is 10.8 Å². The minimum atomic E-state index is -0.569. The van der Waals surface area contributed by atoms with Crippen LogP contribution in [0.2, 0.25) is 0 Å². The topological polar surface area (TPSA) is 86.8 Å². The maximum absolute atomic E-state index is 13.0. The molecule has 0 atom stereocenters. The summed E-state index contributed by atoms with van der Waals surface area (Å²) in [5.41, 5.74) is 1.84. The lowest BCUT2D eigenvalue weighted by Crippen LogP contribution is -2.41. The normalized spacial score (nSPS) is 16.6. The van der Waals surface area contributed by atoms with Crippen molar-refractivity contribution in [1.29, 1.82) is 0 Å². The second-order valence-electron chi connectivity index (χ2n) is 10.8. The summed E-state index contributed by atoms with van der Waals surface area (Å²) in [4.78, 5) is 29.5. The zero-order valence-electron chi connectivity index (χ0n) is 21.7. The molecule has 36 heavy (non-hydrogen) atoms. The monoisotopic (exact) mass is 506 g/mol. The molecule has 3 aromatic rings. The van der Waals surface area contributed by atoms with Gasteiger partial charge in [0.1, 0.15) is 16.3 Å². The fraction of sp³-hybridized carbons (Fsp3) is 0.370. The van der Waals surface area contributed by atoms with Crippen LogP contribution in [0, 0.1) is 0 Å². The third kappa shape index (κ3) is 5.69. The zero-order valence-corrected chi connectivity index (χ0v) is 22.5. The largest absolute Gasteiger partial charge is 0.494 e. The number of benzene rings is 2. The number of rotatable bonds is 5. The van der Waals surface area contributed by atoms with Gasteiger partial charge in [-0.05, 0) is 78.2 Å². The van der Waals surface area contributed by atoms with Crippen LogP contribution in [0.3, 0.4) is 0 Å². The van der Waals surface area contributed by atoms with Crippen molar-refractivity contribution in [2.75, 3.05) is 5.32 Å². The highest BCUT2D eigenvalue weighted by atomic mass is 32.1. The zero-order chi connectivity index (χ0) is 26.3. The van der Waals surface area contributed by atoms with Crippen LogP contribution >= 0.6 is 11.3 Å². The summed E-state index contributed by atoms with van der Waals surface area (Å²) in [5, 5.41) is 5.18. The van der Waals surface area contributed by atoms with Crippen molar-refractivity contribution in [2.24, 2.45) is 0 Å². The Morgan fingerprint density at radius 1 is 0.944 bits per heavy atom. The lowest BCUT2D eigenvalue weighted by atomic mass is 9.78. The number of thiazole rings is 1. The first kappa shape index (κ1) is 26.1. The van der Waals surface area contributed by atoms with Gasteiger partial charge in [0.25, 0.3) is 0 Å². The molecule has 0 spiro atoms. The second-order valence-corrected chi connectivity index (χ2v) is 11.6. The summed E-state index contributed by atoms with van der Waals surface area (Å²) in [6, 6.07) is 14.5. The predicted octanol–water partition coefficient (Wildman–Crippen LogP) is 5.69. The van der Waals surface area contributed by atoms with Gasteiger partial charge in [-0.15, -0.1) is 11.3 Å². The SMILES string of the molecule is CC(C)(C)OC(=O)Nc1ccc(-c2nc(C(=O)c3ccc(B4OC(C)(C)C(C)(C)O4)cc3)cs2)cc1. The summed E-state index contributed by atoms with van der Waals surface area (Å²) in [5.74, 6) is -0.152. The minimum Gasteiger partial charge on any atom is -0.444 e. The number of aromatic nitrogens is 1. The summed E-state index contributed by atoms with van der Waals surface area (Å²) in [6.07, 6.45) is -0.512. The summed E-state index contributed by atoms with van der Waals surface area (Å²) < 4.78 is 17.5. The Morgan fingerprint density at radius 3 is 2.08 bits per heavy atom. The molecular weight excluding hydrogens is 475 g/mol. The molecule has 1 fully saturated rings. The standard InChI is InChI=1S/C27H31BN2O5S/c1-25(2,3)33-24(32)29-20-14-10-18(11-15-20)23-30-21(16-36-23)22(31)17-8-12-19(13-9-17)28-34-26(4,5)27(6,7)35-28/h8-16H,1-7H3,(H,29,32). The Kier molecular flexibility index (Phi) is 6.85. The van der Waals surface area contributed by atoms with Gasteiger partial charge in [-0.2, -0.15) is 0 Å². The first-order valence-electron chi connectivity index (χ1n) is 11.8. The van der Waals surface area contributed by atoms with Gasteiger partial charge in [0, 0.05) is 22.2 Å². The van der Waals surface area contributed by atoms with E-state index in [9.17, 15) is 9.59 Å². The van der Waals surface area contributed by atoms with E-state index in [-0.39, 0.29) is 5.78 Å². The van der Waals surface area contributed by atoms with Gasteiger partial charge in [-0.3, -0.25) is 10.1 Å². The first-order valence-corrected chi connectivity index (χ1v) is 12.7. The van der Waals surface area contributed by atoms with Crippen LogP contribution in [0.1, 0.15) is 64.5 Å². The lowest BCUT2D eigenvalue weighted by Gasteiger charge is -2.32. The van der Waals surface area contributed by atoms with Crippen LogP contribution in [0.15, 0.2) is 53.9 Å². The molecule has 1 saturated heterocycles. The fourth-order valence-corrected chi connectivity index (χ4v) is 4.35. The highest BCUT2D eigenvalue weighted by molar-refractivity contribution is 7.13. The maximum Gasteiger partial charge on any atom is 0.494 e. The lowest BCUT2D eigenvalue weighted by molar-refractivity contribution is 0.00578. The molecule has 0 bridgehead atoms. The molecule has 7 nitrogen and oxygen atoms in total. The van der Waals surface area contributed by atoms with Gasteiger partial charge in [-0.1, -0.05) is 24.3 Å². The van der Waals surface area contributed by atoms with Gasteiger partial charge in [-0.25, -0.2) is 9.78 Å². The number of hydrogen-bond acceptors (Lipinski definition) is 7. The highest BCUT2D eigenvalue weighted by Crippen LogP contribution is 2.36. The van der Waals surface area contributed by atoms with Crippen molar-refractivity contribution in [3.8, 4) is 10.6 Å². The van der Waals surface area contributed by atoms with Crippen LogP contribution in [-0.4, -0.2) is 40.8 Å². The fourth-order valence-electron chi connectivity index (χ4n) is 3.55. The summed E-state index contributed by atoms with van der Waals surface area (Å²) in [6.45, 7) is 13.5. The Morgan fingerprint density at radius 2 is 1.53 bits per heavy atom. The van der Waals surface area contributed by atoms with Gasteiger partial charge < -0.3 is 14.0 Å². The first-order chi connectivity index (χ1) is 16.7. The van der Waals surface area contributed by atoms with Crippen molar-refractivity contribution >= 4 is 41.5 Å². The molecule has 0 radical (unpaired) electrons. The van der Waals surface area contributed by atoms with E-state index in [1.54, 1.807) is 29.6 Å². The quantitative estimate of drug-likeness (QED) is 0.354. The number of carbonyl (C=O) groups is 2. The van der Waals surface area contributed by atoms with E-state index in [2.05, 4.69) is 10.3 Å². The van der Waals surface area contributed by atoms with E-state index in [4.69, 9.17) is 14.0 Å². The van der Waals surface area contributed by atoms with E-state index >= 15 is 0 Å². The third-order valence-corrected chi connectivity index (χ3v) is 7.10.